The molecule has 1 atom stereocenters. The molecular formula is C25H32F2N6O3Si. The third-order valence-electron chi connectivity index (χ3n) is 5.97. The average molecular weight is 531 g/mol. The van der Waals surface area contributed by atoms with Crippen LogP contribution in [-0.4, -0.2) is 64.7 Å². The van der Waals surface area contributed by atoms with Gasteiger partial charge in [-0.2, -0.15) is 5.10 Å². The molecule has 0 aliphatic rings. The molecule has 4 rings (SSSR count). The van der Waals surface area contributed by atoms with E-state index in [-0.39, 0.29) is 18.7 Å². The van der Waals surface area contributed by atoms with Crippen LogP contribution in [0.3, 0.4) is 0 Å². The van der Waals surface area contributed by atoms with E-state index >= 15 is 0 Å². The Morgan fingerprint density at radius 2 is 1.95 bits per heavy atom. The lowest BCUT2D eigenvalue weighted by Gasteiger charge is -2.15. The molecule has 12 heteroatoms. The molecule has 1 N–H and O–H groups in total. The second-order valence-electron chi connectivity index (χ2n) is 10.4. The molecular weight excluding hydrogens is 498 g/mol. The van der Waals surface area contributed by atoms with Crippen molar-refractivity contribution in [1.82, 2.24) is 29.6 Å². The third-order valence-corrected chi connectivity index (χ3v) is 7.67. The molecule has 0 saturated heterocycles. The summed E-state index contributed by atoms with van der Waals surface area (Å²) in [6, 6.07) is 2.97. The molecule has 0 spiro atoms. The largest absolute Gasteiger partial charge is 0.383 e. The van der Waals surface area contributed by atoms with Crippen LogP contribution in [0.1, 0.15) is 17.3 Å². The van der Waals surface area contributed by atoms with Crippen molar-refractivity contribution in [3.63, 3.8) is 0 Å². The van der Waals surface area contributed by atoms with Gasteiger partial charge in [-0.15, -0.1) is 0 Å². The first-order chi connectivity index (χ1) is 17.5. The highest BCUT2D eigenvalue weighted by Gasteiger charge is 2.22. The van der Waals surface area contributed by atoms with Crippen LogP contribution >= 0.6 is 0 Å². The average Bonchev–Trinajstić information content (AvgIpc) is 3.34. The standard InChI is InChI=1S/C25H32F2N6O3Si/c1-15(13-35-3)29-25(34)17-12-33(14-36-7-8-37(4,5)6)24-23(17)30-20(11-28-24)22-16-9-18(26)19(27)10-21(16)32(2)31-22/h9-12,15H,7-8,13-14H2,1-6H3,(H,29,34)/t15-/m0/s1. The molecule has 0 saturated carbocycles. The number of carbonyl (C=O) groups excluding carboxylic acids is 1. The minimum Gasteiger partial charge on any atom is -0.383 e. The molecule has 1 amide bonds. The predicted molar refractivity (Wildman–Crippen MR) is 140 cm³/mol. The van der Waals surface area contributed by atoms with E-state index in [2.05, 4.69) is 35.0 Å². The molecule has 0 unspecified atom stereocenters. The van der Waals surface area contributed by atoms with Crippen molar-refractivity contribution in [3.05, 3.63) is 41.7 Å². The van der Waals surface area contributed by atoms with E-state index in [0.717, 1.165) is 18.2 Å². The summed E-state index contributed by atoms with van der Waals surface area (Å²) in [6.07, 6.45) is 3.18. The molecule has 198 valence electrons. The zero-order valence-electron chi connectivity index (χ0n) is 21.9. The molecule has 1 aromatic carbocycles. The molecule has 4 aromatic rings. The number of carbonyl (C=O) groups is 1. The fourth-order valence-corrected chi connectivity index (χ4v) is 4.76. The topological polar surface area (TPSA) is 96.1 Å². The fraction of sp³-hybridized carbons (Fsp3) is 0.440. The highest BCUT2D eigenvalue weighted by Crippen LogP contribution is 2.30. The van der Waals surface area contributed by atoms with Crippen molar-refractivity contribution in [2.75, 3.05) is 20.3 Å². The van der Waals surface area contributed by atoms with E-state index in [1.165, 1.54) is 10.9 Å². The van der Waals surface area contributed by atoms with Gasteiger partial charge in [0.2, 0.25) is 0 Å². The van der Waals surface area contributed by atoms with E-state index in [9.17, 15) is 13.6 Å². The summed E-state index contributed by atoms with van der Waals surface area (Å²) in [7, 11) is 1.95. The third kappa shape index (κ3) is 5.86. The maximum Gasteiger partial charge on any atom is 0.255 e. The van der Waals surface area contributed by atoms with E-state index < -0.39 is 19.7 Å². The number of benzene rings is 1. The summed E-state index contributed by atoms with van der Waals surface area (Å²) in [4.78, 5) is 22.4. The van der Waals surface area contributed by atoms with Gasteiger partial charge >= 0.3 is 0 Å². The van der Waals surface area contributed by atoms with Gasteiger partial charge in [0.05, 0.1) is 23.9 Å². The van der Waals surface area contributed by atoms with Gasteiger partial charge in [0.1, 0.15) is 23.6 Å². The SMILES string of the molecule is COC[C@H](C)NC(=O)c1cn(COCC[Si](C)(C)C)c2ncc(-c3nn(C)c4cc(F)c(F)cc34)nc12. The predicted octanol–water partition coefficient (Wildman–Crippen LogP) is 4.34. The van der Waals surface area contributed by atoms with Gasteiger partial charge in [0.25, 0.3) is 5.91 Å². The number of rotatable bonds is 10. The normalized spacial score (nSPS) is 13.0. The van der Waals surface area contributed by atoms with Crippen LogP contribution in [0, 0.1) is 11.6 Å². The van der Waals surface area contributed by atoms with Gasteiger partial charge in [0.15, 0.2) is 17.3 Å². The van der Waals surface area contributed by atoms with Gasteiger partial charge in [-0.05, 0) is 19.0 Å². The van der Waals surface area contributed by atoms with Crippen LogP contribution < -0.4 is 5.32 Å². The highest BCUT2D eigenvalue weighted by molar-refractivity contribution is 6.76. The van der Waals surface area contributed by atoms with E-state index in [4.69, 9.17) is 14.5 Å². The zero-order valence-corrected chi connectivity index (χ0v) is 22.9. The van der Waals surface area contributed by atoms with Gasteiger partial charge in [0, 0.05) is 52.5 Å². The summed E-state index contributed by atoms with van der Waals surface area (Å²) in [5, 5.41) is 7.72. The van der Waals surface area contributed by atoms with E-state index in [1.807, 2.05) is 6.92 Å². The van der Waals surface area contributed by atoms with Crippen molar-refractivity contribution in [1.29, 1.82) is 0 Å². The van der Waals surface area contributed by atoms with Gasteiger partial charge in [-0.1, -0.05) is 19.6 Å². The minimum atomic E-state index is -1.26. The Labute approximate surface area is 214 Å². The van der Waals surface area contributed by atoms with Crippen LogP contribution in [0.4, 0.5) is 8.78 Å². The quantitative estimate of drug-likeness (QED) is 0.242. The molecule has 0 radical (unpaired) electrons. The lowest BCUT2D eigenvalue weighted by Crippen LogP contribution is -2.35. The zero-order chi connectivity index (χ0) is 26.9. The van der Waals surface area contributed by atoms with Crippen molar-refractivity contribution >= 4 is 36.0 Å². The number of hydrogen-bond acceptors (Lipinski definition) is 6. The number of nitrogens with zero attached hydrogens (tertiary/aromatic N) is 5. The summed E-state index contributed by atoms with van der Waals surface area (Å²) < 4.78 is 42.1. The van der Waals surface area contributed by atoms with Gasteiger partial charge in [-0.25, -0.2) is 18.7 Å². The van der Waals surface area contributed by atoms with Crippen molar-refractivity contribution in [2.24, 2.45) is 7.05 Å². The number of hydrogen-bond donors (Lipinski definition) is 1. The van der Waals surface area contributed by atoms with Crippen LogP contribution in [0.2, 0.25) is 25.7 Å². The number of nitrogens with one attached hydrogen (secondary N) is 1. The van der Waals surface area contributed by atoms with E-state index in [1.54, 1.807) is 24.9 Å². The first kappa shape index (κ1) is 26.8. The van der Waals surface area contributed by atoms with Crippen LogP contribution in [0.25, 0.3) is 33.5 Å². The summed E-state index contributed by atoms with van der Waals surface area (Å²) in [5.41, 5.74) is 2.23. The molecule has 3 heterocycles. The van der Waals surface area contributed by atoms with Crippen molar-refractivity contribution < 1.29 is 23.0 Å². The number of fused-ring (bicyclic) bond motifs is 2. The van der Waals surface area contributed by atoms with Crippen LogP contribution in [-0.2, 0) is 23.3 Å². The smallest absolute Gasteiger partial charge is 0.255 e. The minimum absolute atomic E-state index is 0.215. The van der Waals surface area contributed by atoms with Gasteiger partial charge in [-0.3, -0.25) is 9.48 Å². The Morgan fingerprint density at radius 3 is 2.65 bits per heavy atom. The Kier molecular flexibility index (Phi) is 7.71. The molecule has 3 aromatic heterocycles. The monoisotopic (exact) mass is 530 g/mol. The maximum atomic E-state index is 14.1. The van der Waals surface area contributed by atoms with Gasteiger partial charge < -0.3 is 19.4 Å². The molecule has 0 aliphatic heterocycles. The summed E-state index contributed by atoms with van der Waals surface area (Å²) >= 11 is 0. The number of aryl methyl sites for hydroxylation is 1. The first-order valence-corrected chi connectivity index (χ1v) is 15.7. The lowest BCUT2D eigenvalue weighted by molar-refractivity contribution is 0.0881. The highest BCUT2D eigenvalue weighted by atomic mass is 28.3. The Bertz CT molecular complexity index is 1450. The van der Waals surface area contributed by atoms with Crippen molar-refractivity contribution in [2.45, 2.75) is 45.4 Å². The first-order valence-electron chi connectivity index (χ1n) is 12.0. The van der Waals surface area contributed by atoms with Crippen molar-refractivity contribution in [3.8, 4) is 11.4 Å². The number of methoxy groups -OCH3 is 1. The molecule has 0 fully saturated rings. The molecule has 0 bridgehead atoms. The lowest BCUT2D eigenvalue weighted by atomic mass is 10.1. The fourth-order valence-electron chi connectivity index (χ4n) is 4.01. The molecule has 37 heavy (non-hydrogen) atoms. The number of ether oxygens (including phenoxy) is 2. The number of halogens is 2. The Morgan fingerprint density at radius 1 is 1.22 bits per heavy atom. The van der Waals surface area contributed by atoms with Crippen LogP contribution in [0.15, 0.2) is 24.5 Å². The summed E-state index contributed by atoms with van der Waals surface area (Å²) in [5.74, 6) is -2.27. The van der Waals surface area contributed by atoms with Crippen LogP contribution in [0.5, 0.6) is 0 Å². The second kappa shape index (κ2) is 10.6. The molecule has 9 nitrogen and oxygen atoms in total. The number of aromatic nitrogens is 5. The second-order valence-corrected chi connectivity index (χ2v) is 16.0. The Hall–Kier alpha value is -3.22. The summed E-state index contributed by atoms with van der Waals surface area (Å²) in [6.45, 7) is 9.84. The Balaban J connectivity index is 1.76. The van der Waals surface area contributed by atoms with E-state index in [0.29, 0.717) is 52.2 Å². The maximum absolute atomic E-state index is 14.1. The molecule has 0 aliphatic carbocycles. The number of amides is 1.